The summed E-state index contributed by atoms with van der Waals surface area (Å²) in [6.45, 7) is 3.63. The second-order valence-electron chi connectivity index (χ2n) is 8.24. The fourth-order valence-electron chi connectivity index (χ4n) is 4.39. The summed E-state index contributed by atoms with van der Waals surface area (Å²) in [7, 11) is 1.66. The Kier molecular flexibility index (Phi) is 5.42. The molecule has 2 aromatic heterocycles. The zero-order chi connectivity index (χ0) is 23.1. The molecule has 0 aliphatic carbocycles. The summed E-state index contributed by atoms with van der Waals surface area (Å²) in [5.41, 5.74) is 3.17. The van der Waals surface area contributed by atoms with Crippen molar-refractivity contribution in [3.63, 3.8) is 0 Å². The number of aromatic nitrogens is 4. The summed E-state index contributed by atoms with van der Waals surface area (Å²) < 4.78 is 4.65. The third-order valence-electron chi connectivity index (χ3n) is 6.08. The molecule has 0 unspecified atom stereocenters. The van der Waals surface area contributed by atoms with Crippen LogP contribution < -0.4 is 16.1 Å². The number of nitrogens with zero attached hydrogens (tertiary/aromatic N) is 5. The lowest BCUT2D eigenvalue weighted by Gasteiger charge is -2.30. The molecule has 4 aromatic rings. The third kappa shape index (κ3) is 3.68. The fraction of sp³-hybridized carbons (Fsp3) is 0.240. The van der Waals surface area contributed by atoms with Crippen LogP contribution in [0.3, 0.4) is 0 Å². The van der Waals surface area contributed by atoms with Crippen molar-refractivity contribution in [2.75, 3.05) is 11.4 Å². The van der Waals surface area contributed by atoms with E-state index in [1.54, 1.807) is 7.05 Å². The number of hydrogen-bond acceptors (Lipinski definition) is 4. The topological polar surface area (TPSA) is 65.1 Å². The van der Waals surface area contributed by atoms with E-state index in [4.69, 9.17) is 16.6 Å². The van der Waals surface area contributed by atoms with Crippen molar-refractivity contribution in [3.05, 3.63) is 91.6 Å². The summed E-state index contributed by atoms with van der Waals surface area (Å²) in [6.07, 6.45) is 4.59. The number of anilines is 2. The predicted molar refractivity (Wildman–Crippen MR) is 133 cm³/mol. The van der Waals surface area contributed by atoms with Gasteiger partial charge in [0, 0.05) is 37.4 Å². The van der Waals surface area contributed by atoms with Gasteiger partial charge >= 0.3 is 5.69 Å². The number of halogens is 1. The van der Waals surface area contributed by atoms with E-state index in [1.165, 1.54) is 9.13 Å². The third-order valence-corrected chi connectivity index (χ3v) is 6.31. The molecule has 0 atom stereocenters. The van der Waals surface area contributed by atoms with E-state index < -0.39 is 0 Å². The molecule has 5 rings (SSSR count). The van der Waals surface area contributed by atoms with Crippen LogP contribution in [0.25, 0.3) is 17.2 Å². The predicted octanol–water partition coefficient (Wildman–Crippen LogP) is 4.11. The van der Waals surface area contributed by atoms with Crippen molar-refractivity contribution in [3.8, 4) is 0 Å². The van der Waals surface area contributed by atoms with Crippen LogP contribution in [0.15, 0.2) is 64.2 Å². The Hall–Kier alpha value is -3.58. The molecule has 3 heterocycles. The highest BCUT2D eigenvalue weighted by Gasteiger charge is 2.27. The molecule has 1 aliphatic rings. The highest BCUT2D eigenvalue weighted by molar-refractivity contribution is 6.30. The monoisotopic (exact) mass is 461 g/mol. The van der Waals surface area contributed by atoms with Crippen molar-refractivity contribution in [1.82, 2.24) is 18.7 Å². The SMILES string of the molecule is Cc1ccc(Cl)cc1N1CCCn2c1nc1c2c(=O)n(CC=Cc2ccccc2)c(=O)n1C. The van der Waals surface area contributed by atoms with Gasteiger partial charge in [0.15, 0.2) is 11.2 Å². The molecule has 0 saturated heterocycles. The van der Waals surface area contributed by atoms with Gasteiger partial charge in [-0.1, -0.05) is 60.2 Å². The van der Waals surface area contributed by atoms with Gasteiger partial charge in [0.1, 0.15) is 0 Å². The number of imidazole rings is 1. The van der Waals surface area contributed by atoms with Crippen LogP contribution in [0.4, 0.5) is 11.6 Å². The molecule has 7 nitrogen and oxygen atoms in total. The van der Waals surface area contributed by atoms with Crippen molar-refractivity contribution < 1.29 is 0 Å². The summed E-state index contributed by atoms with van der Waals surface area (Å²) in [6, 6.07) is 15.5. The van der Waals surface area contributed by atoms with Crippen LogP contribution >= 0.6 is 11.6 Å². The lowest BCUT2D eigenvalue weighted by atomic mass is 10.1. The van der Waals surface area contributed by atoms with Gasteiger partial charge in [0.05, 0.1) is 0 Å². The Morgan fingerprint density at radius 1 is 1.09 bits per heavy atom. The number of hydrogen-bond donors (Lipinski definition) is 0. The van der Waals surface area contributed by atoms with Crippen LogP contribution in [0.2, 0.25) is 5.02 Å². The number of benzene rings is 2. The summed E-state index contributed by atoms with van der Waals surface area (Å²) in [5.74, 6) is 0.659. The number of fused-ring (bicyclic) bond motifs is 3. The molecule has 0 radical (unpaired) electrons. The van der Waals surface area contributed by atoms with E-state index in [-0.39, 0.29) is 17.8 Å². The first kappa shape index (κ1) is 21.3. The summed E-state index contributed by atoms with van der Waals surface area (Å²) in [4.78, 5) is 33.3. The normalized spacial score (nSPS) is 13.7. The summed E-state index contributed by atoms with van der Waals surface area (Å²) in [5, 5.41) is 0.642. The maximum Gasteiger partial charge on any atom is 0.332 e. The first-order valence-electron chi connectivity index (χ1n) is 10.9. The second-order valence-corrected chi connectivity index (χ2v) is 8.68. The quantitative estimate of drug-likeness (QED) is 0.458. The van der Waals surface area contributed by atoms with E-state index in [9.17, 15) is 9.59 Å². The minimum absolute atomic E-state index is 0.188. The van der Waals surface area contributed by atoms with E-state index in [0.717, 1.165) is 29.8 Å². The van der Waals surface area contributed by atoms with E-state index >= 15 is 0 Å². The first-order valence-corrected chi connectivity index (χ1v) is 11.3. The largest absolute Gasteiger partial charge is 0.332 e. The van der Waals surface area contributed by atoms with Gasteiger partial charge in [0.25, 0.3) is 5.56 Å². The molecule has 1 aliphatic heterocycles. The van der Waals surface area contributed by atoms with Gasteiger partial charge < -0.3 is 9.47 Å². The molecule has 2 aromatic carbocycles. The molecule has 0 amide bonds. The minimum atomic E-state index is -0.383. The highest BCUT2D eigenvalue weighted by atomic mass is 35.5. The lowest BCUT2D eigenvalue weighted by molar-refractivity contribution is 0.598. The molecule has 0 bridgehead atoms. The van der Waals surface area contributed by atoms with Crippen LogP contribution in [0.1, 0.15) is 17.5 Å². The number of allylic oxidation sites excluding steroid dienone is 1. The van der Waals surface area contributed by atoms with Gasteiger partial charge in [-0.05, 0) is 36.6 Å². The van der Waals surface area contributed by atoms with E-state index in [1.807, 2.05) is 72.2 Å². The van der Waals surface area contributed by atoms with Crippen molar-refractivity contribution in [2.45, 2.75) is 26.4 Å². The molecule has 168 valence electrons. The maximum atomic E-state index is 13.5. The van der Waals surface area contributed by atoms with Crippen LogP contribution in [0, 0.1) is 6.92 Å². The standard InChI is InChI=1S/C25H24ClN5O2/c1-17-11-12-19(26)16-20(17)29-14-7-15-30-21-22(27-24(29)30)28(2)25(33)31(23(21)32)13-6-10-18-8-4-3-5-9-18/h3-6,8-12,16H,7,13-15H2,1-2H3. The van der Waals surface area contributed by atoms with Crippen LogP contribution in [-0.2, 0) is 20.1 Å². The lowest BCUT2D eigenvalue weighted by Crippen LogP contribution is -2.39. The molecule has 0 N–H and O–H groups in total. The van der Waals surface area contributed by atoms with Gasteiger partial charge in [-0.3, -0.25) is 13.9 Å². The van der Waals surface area contributed by atoms with Gasteiger partial charge in [-0.25, -0.2) is 4.79 Å². The smallest absolute Gasteiger partial charge is 0.312 e. The average molecular weight is 462 g/mol. The summed E-state index contributed by atoms with van der Waals surface area (Å²) >= 11 is 6.27. The van der Waals surface area contributed by atoms with Gasteiger partial charge in [-0.2, -0.15) is 4.98 Å². The Morgan fingerprint density at radius 2 is 1.88 bits per heavy atom. The van der Waals surface area contributed by atoms with Gasteiger partial charge in [-0.15, -0.1) is 0 Å². The Balaban J connectivity index is 1.63. The minimum Gasteiger partial charge on any atom is -0.312 e. The molecular weight excluding hydrogens is 438 g/mol. The number of aryl methyl sites for hydroxylation is 3. The first-order chi connectivity index (χ1) is 16.0. The van der Waals surface area contributed by atoms with E-state index in [0.29, 0.717) is 28.7 Å². The van der Waals surface area contributed by atoms with Crippen molar-refractivity contribution in [1.29, 1.82) is 0 Å². The Labute approximate surface area is 195 Å². The van der Waals surface area contributed by atoms with Crippen LogP contribution in [0.5, 0.6) is 0 Å². The van der Waals surface area contributed by atoms with Crippen molar-refractivity contribution in [2.24, 2.45) is 7.05 Å². The molecule has 0 fully saturated rings. The maximum absolute atomic E-state index is 13.5. The average Bonchev–Trinajstić information content (AvgIpc) is 3.22. The van der Waals surface area contributed by atoms with E-state index in [2.05, 4.69) is 4.90 Å². The molecular formula is C25H24ClN5O2. The fourth-order valence-corrected chi connectivity index (χ4v) is 4.55. The molecule has 8 heteroatoms. The molecule has 33 heavy (non-hydrogen) atoms. The molecule has 0 spiro atoms. The van der Waals surface area contributed by atoms with Crippen LogP contribution in [-0.4, -0.2) is 25.2 Å². The second kappa shape index (κ2) is 8.41. The molecule has 0 saturated carbocycles. The zero-order valence-corrected chi connectivity index (χ0v) is 19.3. The zero-order valence-electron chi connectivity index (χ0n) is 18.5. The van der Waals surface area contributed by atoms with Crippen molar-refractivity contribution >= 4 is 40.5 Å². The van der Waals surface area contributed by atoms with Gasteiger partial charge in [0.2, 0.25) is 5.95 Å². The Bertz CT molecular complexity index is 1500. The number of rotatable bonds is 4. The Morgan fingerprint density at radius 3 is 2.67 bits per heavy atom. The highest BCUT2D eigenvalue weighted by Crippen LogP contribution is 2.34.